The average molecular weight is 268 g/mol. The molecule has 0 fully saturated rings. The Morgan fingerprint density at radius 3 is 2.32 bits per heavy atom. The SMILES string of the molecule is CC(C)n1nccc1C(=O)c1c(F)cc(F)cc1F. The van der Waals surface area contributed by atoms with Crippen molar-refractivity contribution in [3.63, 3.8) is 0 Å². The molecule has 1 aromatic heterocycles. The molecule has 0 bridgehead atoms. The van der Waals surface area contributed by atoms with Crippen LogP contribution in [0, 0.1) is 17.5 Å². The highest BCUT2D eigenvalue weighted by atomic mass is 19.1. The van der Waals surface area contributed by atoms with Crippen molar-refractivity contribution >= 4 is 5.78 Å². The Morgan fingerprint density at radius 2 is 1.79 bits per heavy atom. The summed E-state index contributed by atoms with van der Waals surface area (Å²) in [5.41, 5.74) is -0.719. The number of benzene rings is 1. The van der Waals surface area contributed by atoms with Gasteiger partial charge >= 0.3 is 0 Å². The van der Waals surface area contributed by atoms with Crippen LogP contribution in [0.25, 0.3) is 0 Å². The van der Waals surface area contributed by atoms with Gasteiger partial charge < -0.3 is 0 Å². The van der Waals surface area contributed by atoms with Gasteiger partial charge in [0.1, 0.15) is 23.1 Å². The molecular formula is C13H11F3N2O. The van der Waals surface area contributed by atoms with Gasteiger partial charge in [-0.05, 0) is 19.9 Å². The van der Waals surface area contributed by atoms with Crippen molar-refractivity contribution in [2.24, 2.45) is 0 Å². The molecule has 0 spiro atoms. The zero-order valence-corrected chi connectivity index (χ0v) is 10.3. The quantitative estimate of drug-likeness (QED) is 0.802. The third kappa shape index (κ3) is 2.38. The molecule has 100 valence electrons. The number of hydrogen-bond donors (Lipinski definition) is 0. The second kappa shape index (κ2) is 4.87. The van der Waals surface area contributed by atoms with Crippen LogP contribution in [0.4, 0.5) is 13.2 Å². The Kier molecular flexibility index (Phi) is 3.42. The largest absolute Gasteiger partial charge is 0.287 e. The highest BCUT2D eigenvalue weighted by molar-refractivity contribution is 6.08. The summed E-state index contributed by atoms with van der Waals surface area (Å²) in [6.07, 6.45) is 1.37. The van der Waals surface area contributed by atoms with Crippen molar-refractivity contribution in [1.82, 2.24) is 9.78 Å². The Morgan fingerprint density at radius 1 is 1.21 bits per heavy atom. The lowest BCUT2D eigenvalue weighted by Gasteiger charge is -2.10. The van der Waals surface area contributed by atoms with E-state index in [1.807, 2.05) is 0 Å². The lowest BCUT2D eigenvalue weighted by Crippen LogP contribution is -2.16. The molecule has 0 radical (unpaired) electrons. The van der Waals surface area contributed by atoms with Crippen molar-refractivity contribution in [2.45, 2.75) is 19.9 Å². The predicted molar refractivity (Wildman–Crippen MR) is 62.4 cm³/mol. The van der Waals surface area contributed by atoms with Gasteiger partial charge in [-0.3, -0.25) is 9.48 Å². The lowest BCUT2D eigenvalue weighted by atomic mass is 10.1. The summed E-state index contributed by atoms with van der Waals surface area (Å²) in [6, 6.07) is 2.18. The van der Waals surface area contributed by atoms with E-state index in [0.29, 0.717) is 12.1 Å². The predicted octanol–water partition coefficient (Wildman–Crippen LogP) is 3.11. The van der Waals surface area contributed by atoms with Gasteiger partial charge in [0.2, 0.25) is 5.78 Å². The molecule has 0 N–H and O–H groups in total. The molecule has 0 unspecified atom stereocenters. The van der Waals surface area contributed by atoms with Gasteiger partial charge in [-0.2, -0.15) is 5.10 Å². The minimum atomic E-state index is -1.22. The van der Waals surface area contributed by atoms with E-state index in [9.17, 15) is 18.0 Å². The molecule has 2 rings (SSSR count). The fourth-order valence-corrected chi connectivity index (χ4v) is 1.79. The zero-order chi connectivity index (χ0) is 14.2. The van der Waals surface area contributed by atoms with Gasteiger partial charge in [0.05, 0.1) is 5.56 Å². The molecule has 2 aromatic rings. The fraction of sp³-hybridized carbons (Fsp3) is 0.231. The molecule has 0 aliphatic carbocycles. The Labute approximate surface area is 107 Å². The number of ketones is 1. The van der Waals surface area contributed by atoms with Crippen molar-refractivity contribution < 1.29 is 18.0 Å². The Bertz CT molecular complexity index is 612. The Hall–Kier alpha value is -2.11. The first-order chi connectivity index (χ1) is 8.91. The molecule has 1 aromatic carbocycles. The maximum atomic E-state index is 13.6. The van der Waals surface area contributed by atoms with Crippen molar-refractivity contribution in [3.05, 3.63) is 53.1 Å². The molecule has 19 heavy (non-hydrogen) atoms. The minimum absolute atomic E-state index is 0.0550. The average Bonchev–Trinajstić information content (AvgIpc) is 2.75. The highest BCUT2D eigenvalue weighted by Gasteiger charge is 2.23. The van der Waals surface area contributed by atoms with Crippen LogP contribution >= 0.6 is 0 Å². The summed E-state index contributed by atoms with van der Waals surface area (Å²) in [4.78, 5) is 12.1. The standard InChI is InChI=1S/C13H11F3N2O/c1-7(2)18-11(3-4-17-18)13(19)12-9(15)5-8(14)6-10(12)16/h3-7H,1-2H3. The third-order valence-corrected chi connectivity index (χ3v) is 2.63. The lowest BCUT2D eigenvalue weighted by molar-refractivity contribution is 0.101. The van der Waals surface area contributed by atoms with E-state index < -0.39 is 28.8 Å². The normalized spacial score (nSPS) is 11.1. The van der Waals surface area contributed by atoms with Crippen LogP contribution in [-0.4, -0.2) is 15.6 Å². The van der Waals surface area contributed by atoms with Crippen LogP contribution in [0.2, 0.25) is 0 Å². The van der Waals surface area contributed by atoms with E-state index in [1.54, 1.807) is 13.8 Å². The topological polar surface area (TPSA) is 34.9 Å². The van der Waals surface area contributed by atoms with Crippen LogP contribution < -0.4 is 0 Å². The van der Waals surface area contributed by atoms with Crippen LogP contribution in [0.3, 0.4) is 0 Å². The smallest absolute Gasteiger partial charge is 0.216 e. The second-order valence-electron chi connectivity index (χ2n) is 4.33. The third-order valence-electron chi connectivity index (χ3n) is 2.63. The number of aromatic nitrogens is 2. The summed E-state index contributed by atoms with van der Waals surface area (Å²) in [7, 11) is 0. The first-order valence-electron chi connectivity index (χ1n) is 5.64. The molecular weight excluding hydrogens is 257 g/mol. The molecule has 0 aliphatic rings. The number of carbonyl (C=O) groups excluding carboxylic acids is 1. The van der Waals surface area contributed by atoms with Crippen LogP contribution in [0.1, 0.15) is 35.9 Å². The van der Waals surface area contributed by atoms with Gasteiger partial charge in [-0.1, -0.05) is 0 Å². The van der Waals surface area contributed by atoms with Crippen molar-refractivity contribution in [3.8, 4) is 0 Å². The summed E-state index contributed by atoms with van der Waals surface area (Å²) < 4.78 is 41.3. The second-order valence-corrected chi connectivity index (χ2v) is 4.33. The van der Waals surface area contributed by atoms with E-state index in [1.165, 1.54) is 16.9 Å². The number of hydrogen-bond acceptors (Lipinski definition) is 2. The molecule has 0 atom stereocenters. The molecule has 1 heterocycles. The molecule has 0 saturated carbocycles. The van der Waals surface area contributed by atoms with Crippen LogP contribution in [0.5, 0.6) is 0 Å². The maximum absolute atomic E-state index is 13.6. The van der Waals surface area contributed by atoms with Gasteiger partial charge in [-0.25, -0.2) is 13.2 Å². The molecule has 3 nitrogen and oxygen atoms in total. The maximum Gasteiger partial charge on any atom is 0.216 e. The number of carbonyl (C=O) groups is 1. The van der Waals surface area contributed by atoms with E-state index in [0.717, 1.165) is 0 Å². The monoisotopic (exact) mass is 268 g/mol. The minimum Gasteiger partial charge on any atom is -0.287 e. The summed E-state index contributed by atoms with van der Waals surface area (Å²) >= 11 is 0. The van der Waals surface area contributed by atoms with Gasteiger partial charge in [0, 0.05) is 24.4 Å². The van der Waals surface area contributed by atoms with Gasteiger partial charge in [0.15, 0.2) is 0 Å². The first-order valence-corrected chi connectivity index (χ1v) is 5.64. The summed E-state index contributed by atoms with van der Waals surface area (Å²) in [5.74, 6) is -4.37. The fourth-order valence-electron chi connectivity index (χ4n) is 1.79. The molecule has 0 aliphatic heterocycles. The van der Waals surface area contributed by atoms with Gasteiger partial charge in [0.25, 0.3) is 0 Å². The number of halogens is 3. The van der Waals surface area contributed by atoms with E-state index in [-0.39, 0.29) is 11.7 Å². The molecule has 6 heteroatoms. The first kappa shape index (κ1) is 13.3. The zero-order valence-electron chi connectivity index (χ0n) is 10.3. The van der Waals surface area contributed by atoms with Crippen LogP contribution in [-0.2, 0) is 0 Å². The van der Waals surface area contributed by atoms with Crippen molar-refractivity contribution in [2.75, 3.05) is 0 Å². The molecule has 0 amide bonds. The van der Waals surface area contributed by atoms with E-state index >= 15 is 0 Å². The number of nitrogens with zero attached hydrogens (tertiary/aromatic N) is 2. The highest BCUT2D eigenvalue weighted by Crippen LogP contribution is 2.20. The van der Waals surface area contributed by atoms with E-state index in [4.69, 9.17) is 0 Å². The van der Waals surface area contributed by atoms with Gasteiger partial charge in [-0.15, -0.1) is 0 Å². The number of rotatable bonds is 3. The van der Waals surface area contributed by atoms with E-state index in [2.05, 4.69) is 5.10 Å². The summed E-state index contributed by atoms with van der Waals surface area (Å²) in [6.45, 7) is 3.56. The van der Waals surface area contributed by atoms with Crippen molar-refractivity contribution in [1.29, 1.82) is 0 Å². The summed E-state index contributed by atoms with van der Waals surface area (Å²) in [5, 5.41) is 3.92. The Balaban J connectivity index is 2.54. The molecule has 0 saturated heterocycles. The van der Waals surface area contributed by atoms with Crippen LogP contribution in [0.15, 0.2) is 24.4 Å².